The Labute approximate surface area is 63.1 Å². The van der Waals surface area contributed by atoms with Crippen LogP contribution in [0.4, 0.5) is 0 Å². The Balaban J connectivity index is 2.88. The van der Waals surface area contributed by atoms with Crippen LogP contribution in [0.3, 0.4) is 0 Å². The van der Waals surface area contributed by atoms with Gasteiger partial charge in [-0.05, 0) is 12.1 Å². The van der Waals surface area contributed by atoms with Gasteiger partial charge < -0.3 is 5.02 Å². The molecule has 0 spiro atoms. The molecule has 1 N–H and O–H groups in total. The van der Waals surface area contributed by atoms with Gasteiger partial charge in [-0.3, -0.25) is 0 Å². The zero-order chi connectivity index (χ0) is 6.69. The van der Waals surface area contributed by atoms with Gasteiger partial charge in [0.2, 0.25) is 0 Å². The van der Waals surface area contributed by atoms with Gasteiger partial charge in [0.1, 0.15) is 0 Å². The smallest absolute Gasteiger partial charge is 0.326 e. The fourth-order valence-corrected chi connectivity index (χ4v) is 0.813. The highest BCUT2D eigenvalue weighted by atomic mass is 79.9. The van der Waals surface area contributed by atoms with E-state index < -0.39 is 0 Å². The van der Waals surface area contributed by atoms with Crippen LogP contribution in [0.15, 0.2) is 28.7 Å². The molecule has 0 bridgehead atoms. The standard InChI is InChI=1S/C6H5BBrO/c8-6-3-1-5(7-9)2-4-6/h1-4,9H. The summed E-state index contributed by atoms with van der Waals surface area (Å²) in [5, 5.41) is 8.49. The summed E-state index contributed by atoms with van der Waals surface area (Å²) < 4.78 is 1.02. The van der Waals surface area contributed by atoms with Gasteiger partial charge >= 0.3 is 7.48 Å². The molecule has 1 nitrogen and oxygen atoms in total. The fourth-order valence-electron chi connectivity index (χ4n) is 0.549. The van der Waals surface area contributed by atoms with Crippen LogP contribution in [-0.2, 0) is 0 Å². The molecule has 3 heteroatoms. The summed E-state index contributed by atoms with van der Waals surface area (Å²) >= 11 is 3.28. The molecule has 0 atom stereocenters. The summed E-state index contributed by atoms with van der Waals surface area (Å²) in [6, 6.07) is 7.40. The Hall–Kier alpha value is -0.275. The minimum Gasteiger partial charge on any atom is -0.450 e. The first-order chi connectivity index (χ1) is 4.33. The maximum atomic E-state index is 8.49. The molecule has 1 radical (unpaired) electrons. The van der Waals surface area contributed by atoms with Crippen molar-refractivity contribution in [1.82, 2.24) is 0 Å². The maximum Gasteiger partial charge on any atom is 0.326 e. The van der Waals surface area contributed by atoms with Crippen LogP contribution in [0.25, 0.3) is 0 Å². The first-order valence-electron chi connectivity index (χ1n) is 2.56. The number of hydrogen-bond donors (Lipinski definition) is 1. The normalized spacial score (nSPS) is 9.11. The van der Waals surface area contributed by atoms with Crippen molar-refractivity contribution in [3.8, 4) is 0 Å². The summed E-state index contributed by atoms with van der Waals surface area (Å²) in [5.41, 5.74) is 0.818. The van der Waals surface area contributed by atoms with Crippen LogP contribution in [0, 0.1) is 0 Å². The zero-order valence-electron chi connectivity index (χ0n) is 4.71. The SMILES string of the molecule is O[B]c1ccc(Br)cc1. The van der Waals surface area contributed by atoms with Crippen molar-refractivity contribution >= 4 is 28.9 Å². The lowest BCUT2D eigenvalue weighted by Gasteiger charge is -1.91. The van der Waals surface area contributed by atoms with Crippen molar-refractivity contribution in [1.29, 1.82) is 0 Å². The van der Waals surface area contributed by atoms with E-state index in [1.54, 1.807) is 0 Å². The van der Waals surface area contributed by atoms with E-state index in [1.807, 2.05) is 24.3 Å². The summed E-state index contributed by atoms with van der Waals surface area (Å²) in [4.78, 5) is 0. The summed E-state index contributed by atoms with van der Waals surface area (Å²) in [6.07, 6.45) is 0. The van der Waals surface area contributed by atoms with E-state index in [-0.39, 0.29) is 0 Å². The van der Waals surface area contributed by atoms with Crippen LogP contribution >= 0.6 is 15.9 Å². The van der Waals surface area contributed by atoms with Crippen LogP contribution in [0.2, 0.25) is 0 Å². The highest BCUT2D eigenvalue weighted by Gasteiger charge is 1.89. The maximum absolute atomic E-state index is 8.49. The number of hydrogen-bond acceptors (Lipinski definition) is 1. The zero-order valence-corrected chi connectivity index (χ0v) is 6.30. The Morgan fingerprint density at radius 3 is 2.22 bits per heavy atom. The summed E-state index contributed by atoms with van der Waals surface area (Å²) in [6.45, 7) is 0. The number of benzene rings is 1. The number of halogens is 1. The van der Waals surface area contributed by atoms with Gasteiger partial charge in [0.25, 0.3) is 0 Å². The second-order valence-electron chi connectivity index (χ2n) is 1.68. The highest BCUT2D eigenvalue weighted by molar-refractivity contribution is 9.10. The minimum absolute atomic E-state index is 0.818. The third-order valence-corrected chi connectivity index (χ3v) is 1.55. The predicted octanol–water partition coefficient (Wildman–Crippen LogP) is 0.686. The molecule has 9 heavy (non-hydrogen) atoms. The van der Waals surface area contributed by atoms with Crippen molar-refractivity contribution < 1.29 is 5.02 Å². The molecule has 0 aliphatic heterocycles. The lowest BCUT2D eigenvalue weighted by atomic mass is 9.89. The third kappa shape index (κ3) is 1.84. The van der Waals surface area contributed by atoms with Gasteiger partial charge in [-0.15, -0.1) is 0 Å². The van der Waals surface area contributed by atoms with Crippen LogP contribution in [0.1, 0.15) is 0 Å². The number of rotatable bonds is 1. The Morgan fingerprint density at radius 2 is 1.78 bits per heavy atom. The fraction of sp³-hybridized carbons (Fsp3) is 0. The lowest BCUT2D eigenvalue weighted by molar-refractivity contribution is 0.615. The van der Waals surface area contributed by atoms with Crippen molar-refractivity contribution in [2.24, 2.45) is 0 Å². The summed E-state index contributed by atoms with van der Waals surface area (Å²) in [5.74, 6) is 0. The van der Waals surface area contributed by atoms with Crippen LogP contribution in [0.5, 0.6) is 0 Å². The van der Waals surface area contributed by atoms with E-state index in [0.717, 1.165) is 17.4 Å². The second kappa shape index (κ2) is 3.04. The van der Waals surface area contributed by atoms with Crippen molar-refractivity contribution in [2.75, 3.05) is 0 Å². The second-order valence-corrected chi connectivity index (χ2v) is 2.60. The average molecular weight is 184 g/mol. The first kappa shape index (κ1) is 6.84. The van der Waals surface area contributed by atoms with E-state index in [9.17, 15) is 0 Å². The molecule has 1 rings (SSSR count). The Morgan fingerprint density at radius 1 is 1.22 bits per heavy atom. The molecule has 0 unspecified atom stereocenters. The van der Waals surface area contributed by atoms with E-state index in [1.165, 1.54) is 0 Å². The van der Waals surface area contributed by atoms with Gasteiger partial charge in [-0.2, -0.15) is 0 Å². The molecule has 1 aromatic carbocycles. The van der Waals surface area contributed by atoms with Crippen molar-refractivity contribution in [3.63, 3.8) is 0 Å². The molecular formula is C6H5BBrO. The van der Waals surface area contributed by atoms with Gasteiger partial charge in [0.05, 0.1) is 0 Å². The lowest BCUT2D eigenvalue weighted by Crippen LogP contribution is -2.11. The van der Waals surface area contributed by atoms with E-state index >= 15 is 0 Å². The van der Waals surface area contributed by atoms with Gasteiger partial charge in [0.15, 0.2) is 0 Å². The molecule has 0 heterocycles. The molecule has 0 aliphatic rings. The van der Waals surface area contributed by atoms with E-state index in [0.29, 0.717) is 0 Å². The van der Waals surface area contributed by atoms with Gasteiger partial charge in [0, 0.05) is 4.47 Å². The quantitative estimate of drug-likeness (QED) is 0.636. The van der Waals surface area contributed by atoms with E-state index in [2.05, 4.69) is 15.9 Å². The largest absolute Gasteiger partial charge is 0.450 e. The van der Waals surface area contributed by atoms with Crippen LogP contribution in [-0.4, -0.2) is 12.5 Å². The van der Waals surface area contributed by atoms with Crippen molar-refractivity contribution in [3.05, 3.63) is 28.7 Å². The van der Waals surface area contributed by atoms with Crippen LogP contribution < -0.4 is 5.46 Å². The minimum atomic E-state index is 0.818. The molecule has 0 aromatic heterocycles. The molecule has 0 fully saturated rings. The highest BCUT2D eigenvalue weighted by Crippen LogP contribution is 2.04. The molecule has 0 saturated heterocycles. The topological polar surface area (TPSA) is 20.2 Å². The molecule has 0 amide bonds. The molecule has 0 saturated carbocycles. The Bertz CT molecular complexity index is 185. The third-order valence-electron chi connectivity index (χ3n) is 1.02. The molecule has 45 valence electrons. The van der Waals surface area contributed by atoms with Crippen molar-refractivity contribution in [2.45, 2.75) is 0 Å². The predicted molar refractivity (Wildman–Crippen MR) is 41.7 cm³/mol. The monoisotopic (exact) mass is 183 g/mol. The van der Waals surface area contributed by atoms with Gasteiger partial charge in [-0.1, -0.05) is 33.5 Å². The van der Waals surface area contributed by atoms with Gasteiger partial charge in [-0.25, -0.2) is 0 Å². The van der Waals surface area contributed by atoms with E-state index in [4.69, 9.17) is 5.02 Å². The Kier molecular flexibility index (Phi) is 2.31. The molecule has 1 aromatic rings. The molecule has 0 aliphatic carbocycles. The molecular weight excluding hydrogens is 179 g/mol. The summed E-state index contributed by atoms with van der Waals surface area (Å²) in [7, 11) is 1.08. The average Bonchev–Trinajstić information content (AvgIpc) is 1.90. The first-order valence-corrected chi connectivity index (χ1v) is 3.35.